The standard InChI is InChI=1S/C7H9FN.BrH/c1-7(8)9-5-3-2-4-6-9;/h2-7H,1H3;1H/q+1;/p-1. The van der Waals surface area contributed by atoms with Gasteiger partial charge in [-0.05, 0) is 0 Å². The third-order valence-electron chi connectivity index (χ3n) is 1.15. The molecule has 1 atom stereocenters. The molecule has 3 heteroatoms. The molecule has 0 saturated heterocycles. The Kier molecular flexibility index (Phi) is 4.19. The maximum Gasteiger partial charge on any atom is 0.296 e. The van der Waals surface area contributed by atoms with E-state index >= 15 is 0 Å². The van der Waals surface area contributed by atoms with Crippen LogP contribution in [0, 0.1) is 0 Å². The minimum atomic E-state index is -0.925. The van der Waals surface area contributed by atoms with E-state index in [2.05, 4.69) is 0 Å². The topological polar surface area (TPSA) is 3.88 Å². The fraction of sp³-hybridized carbons (Fsp3) is 0.286. The molecule has 56 valence electrons. The largest absolute Gasteiger partial charge is 1.00 e. The number of pyridine rings is 1. The third kappa shape index (κ3) is 2.43. The van der Waals surface area contributed by atoms with Crippen molar-refractivity contribution in [1.82, 2.24) is 0 Å². The van der Waals surface area contributed by atoms with Crippen molar-refractivity contribution in [3.8, 4) is 0 Å². The molecule has 0 fully saturated rings. The summed E-state index contributed by atoms with van der Waals surface area (Å²) >= 11 is 0. The molecule has 1 aromatic heterocycles. The lowest BCUT2D eigenvalue weighted by Gasteiger charge is -1.92. The predicted octanol–water partition coefficient (Wildman–Crippen LogP) is -1.53. The van der Waals surface area contributed by atoms with Crippen molar-refractivity contribution >= 4 is 0 Å². The summed E-state index contributed by atoms with van der Waals surface area (Å²) in [6.45, 7) is 1.50. The van der Waals surface area contributed by atoms with E-state index < -0.39 is 6.30 Å². The van der Waals surface area contributed by atoms with Crippen molar-refractivity contribution in [3.05, 3.63) is 30.6 Å². The summed E-state index contributed by atoms with van der Waals surface area (Å²) in [6.07, 6.45) is 2.47. The summed E-state index contributed by atoms with van der Waals surface area (Å²) in [5, 5.41) is 0. The van der Waals surface area contributed by atoms with Crippen molar-refractivity contribution < 1.29 is 25.9 Å². The van der Waals surface area contributed by atoms with Crippen LogP contribution < -0.4 is 21.5 Å². The fourth-order valence-corrected chi connectivity index (χ4v) is 0.649. The van der Waals surface area contributed by atoms with E-state index in [1.165, 1.54) is 11.5 Å². The van der Waals surface area contributed by atoms with Gasteiger partial charge in [-0.3, -0.25) is 0 Å². The Morgan fingerprint density at radius 2 is 1.70 bits per heavy atom. The summed E-state index contributed by atoms with van der Waals surface area (Å²) in [6, 6.07) is 5.46. The van der Waals surface area contributed by atoms with E-state index in [-0.39, 0.29) is 17.0 Å². The van der Waals surface area contributed by atoms with Gasteiger partial charge < -0.3 is 17.0 Å². The van der Waals surface area contributed by atoms with Gasteiger partial charge in [0, 0.05) is 19.1 Å². The van der Waals surface area contributed by atoms with Crippen LogP contribution in [0.3, 0.4) is 0 Å². The smallest absolute Gasteiger partial charge is 0.296 e. The number of rotatable bonds is 1. The number of aromatic nitrogens is 1. The second kappa shape index (κ2) is 4.39. The Hall–Kier alpha value is -0.440. The predicted molar refractivity (Wildman–Crippen MR) is 32.5 cm³/mol. The molecule has 10 heavy (non-hydrogen) atoms. The molecule has 1 rings (SSSR count). The molecule has 0 aliphatic carbocycles. The van der Waals surface area contributed by atoms with Gasteiger partial charge in [-0.2, -0.15) is 8.96 Å². The maximum atomic E-state index is 12.4. The Balaban J connectivity index is 0.000000810. The molecular weight excluding hydrogens is 197 g/mol. The summed E-state index contributed by atoms with van der Waals surface area (Å²) in [4.78, 5) is 0. The van der Waals surface area contributed by atoms with E-state index in [1.807, 2.05) is 6.07 Å². The van der Waals surface area contributed by atoms with Gasteiger partial charge in [-0.15, -0.1) is 0 Å². The highest BCUT2D eigenvalue weighted by Crippen LogP contribution is 1.92. The first-order valence-corrected chi connectivity index (χ1v) is 2.90. The molecule has 0 N–H and O–H groups in total. The van der Waals surface area contributed by atoms with Crippen LogP contribution in [0.1, 0.15) is 13.2 Å². The second-order valence-electron chi connectivity index (χ2n) is 1.90. The number of halogens is 2. The van der Waals surface area contributed by atoms with Crippen molar-refractivity contribution in [2.45, 2.75) is 13.2 Å². The van der Waals surface area contributed by atoms with E-state index in [4.69, 9.17) is 0 Å². The normalized spacial score (nSPS) is 11.8. The summed E-state index contributed by atoms with van der Waals surface area (Å²) in [5.41, 5.74) is 0. The van der Waals surface area contributed by atoms with Gasteiger partial charge in [0.15, 0.2) is 12.4 Å². The van der Waals surface area contributed by atoms with Gasteiger partial charge in [0.2, 0.25) is 0 Å². The average Bonchev–Trinajstić information content (AvgIpc) is 1.90. The molecule has 0 bridgehead atoms. The van der Waals surface area contributed by atoms with Gasteiger partial charge in [-0.25, -0.2) is 0 Å². The van der Waals surface area contributed by atoms with Crippen LogP contribution in [0.25, 0.3) is 0 Å². The number of alkyl halides is 1. The zero-order chi connectivity index (χ0) is 6.69. The van der Waals surface area contributed by atoms with Gasteiger partial charge in [0.05, 0.1) is 0 Å². The number of hydrogen-bond donors (Lipinski definition) is 0. The Morgan fingerprint density at radius 1 is 1.20 bits per heavy atom. The van der Waals surface area contributed by atoms with Crippen LogP contribution in [0.15, 0.2) is 30.6 Å². The van der Waals surface area contributed by atoms with Crippen molar-refractivity contribution in [2.75, 3.05) is 0 Å². The molecule has 0 aliphatic heterocycles. The van der Waals surface area contributed by atoms with Gasteiger partial charge >= 0.3 is 0 Å². The maximum absolute atomic E-state index is 12.4. The zero-order valence-corrected chi connectivity index (χ0v) is 7.25. The van der Waals surface area contributed by atoms with Crippen LogP contribution in [0.4, 0.5) is 4.39 Å². The molecule has 1 nitrogen and oxygen atoms in total. The minimum absolute atomic E-state index is 0. The highest BCUT2D eigenvalue weighted by atomic mass is 79.9. The van der Waals surface area contributed by atoms with Gasteiger partial charge in [0.1, 0.15) is 0 Å². The highest BCUT2D eigenvalue weighted by molar-refractivity contribution is 4.83. The molecule has 0 aromatic carbocycles. The lowest BCUT2D eigenvalue weighted by Crippen LogP contribution is -3.00. The molecule has 0 aliphatic rings. The number of hydrogen-bond acceptors (Lipinski definition) is 0. The third-order valence-corrected chi connectivity index (χ3v) is 1.15. The van der Waals surface area contributed by atoms with Crippen LogP contribution in [-0.4, -0.2) is 0 Å². The lowest BCUT2D eigenvalue weighted by molar-refractivity contribution is -0.743. The SMILES string of the molecule is CC(F)[n+]1ccccc1.[Br-]. The molecule has 1 unspecified atom stereocenters. The van der Waals surface area contributed by atoms with E-state index in [0.717, 1.165) is 0 Å². The van der Waals surface area contributed by atoms with Gasteiger partial charge in [0.25, 0.3) is 6.30 Å². The molecule has 1 heterocycles. The average molecular weight is 206 g/mol. The van der Waals surface area contributed by atoms with Crippen molar-refractivity contribution in [3.63, 3.8) is 0 Å². The van der Waals surface area contributed by atoms with Crippen LogP contribution >= 0.6 is 0 Å². The van der Waals surface area contributed by atoms with E-state index in [9.17, 15) is 4.39 Å². The lowest BCUT2D eigenvalue weighted by atomic mass is 10.5. The summed E-state index contributed by atoms with van der Waals surface area (Å²) < 4.78 is 13.9. The molecular formula is C7H9BrFN. The molecule has 0 amide bonds. The zero-order valence-electron chi connectivity index (χ0n) is 5.67. The van der Waals surface area contributed by atoms with Crippen molar-refractivity contribution in [2.24, 2.45) is 0 Å². The Morgan fingerprint density at radius 3 is 2.00 bits per heavy atom. The Bertz CT molecular complexity index is 176. The number of nitrogens with zero attached hydrogens (tertiary/aromatic N) is 1. The molecule has 0 saturated carbocycles. The van der Waals surface area contributed by atoms with Crippen molar-refractivity contribution in [1.29, 1.82) is 0 Å². The molecule has 0 spiro atoms. The van der Waals surface area contributed by atoms with Crippen LogP contribution in [0.5, 0.6) is 0 Å². The summed E-state index contributed by atoms with van der Waals surface area (Å²) in [5.74, 6) is 0. The first-order chi connectivity index (χ1) is 4.30. The molecule has 0 radical (unpaired) electrons. The minimum Gasteiger partial charge on any atom is -1.00 e. The van der Waals surface area contributed by atoms with Gasteiger partial charge in [-0.1, -0.05) is 6.07 Å². The van der Waals surface area contributed by atoms with E-state index in [1.54, 1.807) is 24.5 Å². The second-order valence-corrected chi connectivity index (χ2v) is 1.90. The van der Waals surface area contributed by atoms with Crippen LogP contribution in [-0.2, 0) is 0 Å². The quantitative estimate of drug-likeness (QED) is 0.490. The monoisotopic (exact) mass is 205 g/mol. The fourth-order valence-electron chi connectivity index (χ4n) is 0.649. The van der Waals surface area contributed by atoms with Crippen LogP contribution in [0.2, 0.25) is 0 Å². The first kappa shape index (κ1) is 9.56. The molecule has 1 aromatic rings. The first-order valence-electron chi connectivity index (χ1n) is 2.90. The summed E-state index contributed by atoms with van der Waals surface area (Å²) in [7, 11) is 0. The van der Waals surface area contributed by atoms with E-state index in [0.29, 0.717) is 0 Å². The Labute approximate surface area is 70.3 Å². The highest BCUT2D eigenvalue weighted by Gasteiger charge is 2.04.